The van der Waals surface area contributed by atoms with Gasteiger partial charge in [-0.15, -0.1) is 0 Å². The maximum atomic E-state index is 12.0. The van der Waals surface area contributed by atoms with E-state index in [-0.39, 0.29) is 11.8 Å². The Morgan fingerprint density at radius 3 is 2.33 bits per heavy atom. The van der Waals surface area contributed by atoms with Crippen molar-refractivity contribution < 1.29 is 9.59 Å². The molecule has 0 bridgehead atoms. The number of anilines is 1. The van der Waals surface area contributed by atoms with Gasteiger partial charge >= 0.3 is 0 Å². The molecule has 0 aromatic heterocycles. The molecule has 2 rings (SSSR count). The van der Waals surface area contributed by atoms with Gasteiger partial charge in [-0.1, -0.05) is 31.4 Å². The maximum absolute atomic E-state index is 12.0. The summed E-state index contributed by atoms with van der Waals surface area (Å²) in [5.41, 5.74) is 4.17. The highest BCUT2D eigenvalue weighted by molar-refractivity contribution is 5.89. The molecule has 1 aromatic carbocycles. The average molecular weight is 330 g/mol. The number of carbonyl (C=O) groups excluding carboxylic acids is 2. The molecule has 0 spiro atoms. The summed E-state index contributed by atoms with van der Waals surface area (Å²) in [4.78, 5) is 25.1. The Balaban J connectivity index is 1.75. The molecule has 1 aromatic rings. The highest BCUT2D eigenvalue weighted by Crippen LogP contribution is 2.10. The zero-order valence-electron chi connectivity index (χ0n) is 14.3. The second kappa shape index (κ2) is 9.82. The van der Waals surface area contributed by atoms with Crippen molar-refractivity contribution in [3.8, 4) is 0 Å². The SMILES string of the molecule is CC(=O)Nc1ccc(/C=N/NC(=O)CN2CCCCCCC2)cc1. The van der Waals surface area contributed by atoms with Crippen LogP contribution in [0.25, 0.3) is 0 Å². The third-order valence-electron chi connectivity index (χ3n) is 3.95. The van der Waals surface area contributed by atoms with Crippen LogP contribution in [0.5, 0.6) is 0 Å². The van der Waals surface area contributed by atoms with Gasteiger partial charge in [0.25, 0.3) is 5.91 Å². The first kappa shape index (κ1) is 18.1. The minimum atomic E-state index is -0.104. The van der Waals surface area contributed by atoms with Crippen LogP contribution in [-0.2, 0) is 9.59 Å². The van der Waals surface area contributed by atoms with E-state index in [0.717, 1.165) is 37.2 Å². The highest BCUT2D eigenvalue weighted by atomic mass is 16.2. The molecule has 0 saturated carbocycles. The lowest BCUT2D eigenvalue weighted by atomic mass is 10.1. The molecule has 1 aliphatic heterocycles. The number of likely N-dealkylation sites (tertiary alicyclic amines) is 1. The minimum absolute atomic E-state index is 0.0818. The van der Waals surface area contributed by atoms with Crippen LogP contribution in [0, 0.1) is 0 Å². The summed E-state index contributed by atoms with van der Waals surface area (Å²) in [6, 6.07) is 7.26. The molecule has 0 aliphatic carbocycles. The van der Waals surface area contributed by atoms with Crippen LogP contribution >= 0.6 is 0 Å². The van der Waals surface area contributed by atoms with Crippen LogP contribution in [0.4, 0.5) is 5.69 Å². The number of amides is 2. The van der Waals surface area contributed by atoms with Crippen molar-refractivity contribution >= 4 is 23.7 Å². The summed E-state index contributed by atoms with van der Waals surface area (Å²) in [7, 11) is 0. The maximum Gasteiger partial charge on any atom is 0.254 e. The van der Waals surface area contributed by atoms with Crippen LogP contribution < -0.4 is 10.7 Å². The Morgan fingerprint density at radius 1 is 1.08 bits per heavy atom. The fourth-order valence-corrected chi connectivity index (χ4v) is 2.74. The fraction of sp³-hybridized carbons (Fsp3) is 0.500. The summed E-state index contributed by atoms with van der Waals surface area (Å²) >= 11 is 0. The highest BCUT2D eigenvalue weighted by Gasteiger charge is 2.11. The molecule has 130 valence electrons. The molecule has 1 saturated heterocycles. The van der Waals surface area contributed by atoms with Gasteiger partial charge in [0.1, 0.15) is 0 Å². The van der Waals surface area contributed by atoms with Crippen molar-refractivity contribution in [2.24, 2.45) is 5.10 Å². The summed E-state index contributed by atoms with van der Waals surface area (Å²) in [6.07, 6.45) is 7.75. The molecular weight excluding hydrogens is 304 g/mol. The second-order valence-corrected chi connectivity index (χ2v) is 6.14. The van der Waals surface area contributed by atoms with Gasteiger partial charge in [-0.05, 0) is 43.6 Å². The van der Waals surface area contributed by atoms with Gasteiger partial charge in [-0.2, -0.15) is 5.10 Å². The zero-order valence-corrected chi connectivity index (χ0v) is 14.3. The van der Waals surface area contributed by atoms with Gasteiger partial charge in [0.05, 0.1) is 12.8 Å². The third kappa shape index (κ3) is 6.91. The van der Waals surface area contributed by atoms with E-state index in [1.807, 2.05) is 12.1 Å². The Morgan fingerprint density at radius 2 is 1.71 bits per heavy atom. The molecule has 2 N–H and O–H groups in total. The summed E-state index contributed by atoms with van der Waals surface area (Å²) in [6.45, 7) is 3.85. The number of nitrogens with zero attached hydrogens (tertiary/aromatic N) is 2. The lowest BCUT2D eigenvalue weighted by Crippen LogP contribution is -2.37. The number of hydrogen-bond donors (Lipinski definition) is 2. The molecule has 2 amide bonds. The first-order valence-electron chi connectivity index (χ1n) is 8.55. The quantitative estimate of drug-likeness (QED) is 0.643. The predicted octanol–water partition coefficient (Wildman–Crippen LogP) is 2.36. The number of rotatable bonds is 5. The van der Waals surface area contributed by atoms with Crippen LogP contribution in [0.15, 0.2) is 29.4 Å². The molecule has 1 fully saturated rings. The molecule has 6 nitrogen and oxygen atoms in total. The van der Waals surface area contributed by atoms with Crippen molar-refractivity contribution in [3.63, 3.8) is 0 Å². The van der Waals surface area contributed by atoms with Gasteiger partial charge in [0.15, 0.2) is 0 Å². The summed E-state index contributed by atoms with van der Waals surface area (Å²) in [5, 5.41) is 6.70. The molecule has 0 atom stereocenters. The van der Waals surface area contributed by atoms with Crippen molar-refractivity contribution in [1.82, 2.24) is 10.3 Å². The van der Waals surface area contributed by atoms with Gasteiger partial charge in [0.2, 0.25) is 5.91 Å². The Labute approximate surface area is 143 Å². The Bertz CT molecular complexity index is 561. The van der Waals surface area contributed by atoms with Crippen molar-refractivity contribution in [2.75, 3.05) is 25.0 Å². The monoisotopic (exact) mass is 330 g/mol. The van der Waals surface area contributed by atoms with Gasteiger partial charge in [-0.25, -0.2) is 5.43 Å². The minimum Gasteiger partial charge on any atom is -0.326 e. The van der Waals surface area contributed by atoms with Crippen LogP contribution in [0.2, 0.25) is 0 Å². The van der Waals surface area contributed by atoms with E-state index in [1.54, 1.807) is 18.3 Å². The number of hydrogen-bond acceptors (Lipinski definition) is 4. The first-order valence-corrected chi connectivity index (χ1v) is 8.55. The molecule has 0 radical (unpaired) electrons. The molecule has 1 aliphatic rings. The van der Waals surface area contributed by atoms with E-state index in [1.165, 1.54) is 26.2 Å². The number of nitrogens with one attached hydrogen (secondary N) is 2. The molecular formula is C18H26N4O2. The van der Waals surface area contributed by atoms with E-state index < -0.39 is 0 Å². The molecule has 1 heterocycles. The van der Waals surface area contributed by atoms with Crippen molar-refractivity contribution in [1.29, 1.82) is 0 Å². The number of carbonyl (C=O) groups is 2. The standard InChI is InChI=1S/C18H26N4O2/c1-15(23)20-17-9-7-16(8-10-17)13-19-21-18(24)14-22-11-5-3-2-4-6-12-22/h7-10,13H,2-6,11-12,14H2,1H3,(H,20,23)(H,21,24)/b19-13+. The lowest BCUT2D eigenvalue weighted by Gasteiger charge is -2.23. The largest absolute Gasteiger partial charge is 0.326 e. The van der Waals surface area contributed by atoms with E-state index in [0.29, 0.717) is 6.54 Å². The Kier molecular flexibility index (Phi) is 7.42. The summed E-state index contributed by atoms with van der Waals surface area (Å²) < 4.78 is 0. The number of benzene rings is 1. The molecule has 0 unspecified atom stereocenters. The Hall–Kier alpha value is -2.21. The molecule has 24 heavy (non-hydrogen) atoms. The topological polar surface area (TPSA) is 73.8 Å². The fourth-order valence-electron chi connectivity index (χ4n) is 2.74. The van der Waals surface area contributed by atoms with Crippen LogP contribution in [0.1, 0.15) is 44.6 Å². The normalized spacial score (nSPS) is 16.4. The van der Waals surface area contributed by atoms with Crippen molar-refractivity contribution in [3.05, 3.63) is 29.8 Å². The first-order chi connectivity index (χ1) is 11.6. The summed E-state index contributed by atoms with van der Waals surface area (Å²) in [5.74, 6) is -0.186. The zero-order chi connectivity index (χ0) is 17.2. The second-order valence-electron chi connectivity index (χ2n) is 6.14. The van der Waals surface area contributed by atoms with Gasteiger partial charge in [0, 0.05) is 12.6 Å². The van der Waals surface area contributed by atoms with E-state index >= 15 is 0 Å². The number of hydrazone groups is 1. The van der Waals surface area contributed by atoms with Gasteiger partial charge in [-0.3, -0.25) is 14.5 Å². The predicted molar refractivity (Wildman–Crippen MR) is 96.0 cm³/mol. The van der Waals surface area contributed by atoms with E-state index in [9.17, 15) is 9.59 Å². The lowest BCUT2D eigenvalue weighted by molar-refractivity contribution is -0.122. The van der Waals surface area contributed by atoms with E-state index in [2.05, 4.69) is 20.7 Å². The molecule has 6 heteroatoms. The van der Waals surface area contributed by atoms with Crippen molar-refractivity contribution in [2.45, 2.75) is 39.0 Å². The van der Waals surface area contributed by atoms with Crippen LogP contribution in [0.3, 0.4) is 0 Å². The van der Waals surface area contributed by atoms with E-state index in [4.69, 9.17) is 0 Å². The average Bonchev–Trinajstić information content (AvgIpc) is 2.51. The third-order valence-corrected chi connectivity index (χ3v) is 3.95. The smallest absolute Gasteiger partial charge is 0.254 e. The van der Waals surface area contributed by atoms with Crippen LogP contribution in [-0.4, -0.2) is 42.6 Å². The van der Waals surface area contributed by atoms with Gasteiger partial charge < -0.3 is 5.32 Å².